The van der Waals surface area contributed by atoms with Crippen molar-refractivity contribution in [3.05, 3.63) is 60.7 Å². The van der Waals surface area contributed by atoms with Crippen LogP contribution in [0.3, 0.4) is 0 Å². The van der Waals surface area contributed by atoms with E-state index in [0.717, 1.165) is 48.5 Å². The monoisotopic (exact) mass is 740 g/mol. The highest BCUT2D eigenvalue weighted by Crippen LogP contribution is 2.39. The Hall–Kier alpha value is -3.36. The summed E-state index contributed by atoms with van der Waals surface area (Å²) in [4.78, 5) is -3.08. The Kier molecular flexibility index (Phi) is 12.9. The summed E-state index contributed by atoms with van der Waals surface area (Å²) in [6, 6.07) is 9.99. The Morgan fingerprint density at radius 3 is 0.756 bits per heavy atom. The fourth-order valence-corrected chi connectivity index (χ4v) is 3.78. The Morgan fingerprint density at radius 1 is 0.400 bits per heavy atom. The molecule has 0 heterocycles. The molecule has 0 saturated heterocycles. The summed E-state index contributed by atoms with van der Waals surface area (Å²) in [5, 5.41) is 0. The molecule has 0 aliphatic heterocycles. The molecule has 0 N–H and O–H groups in total. The zero-order chi connectivity index (χ0) is 36.1. The van der Waals surface area contributed by atoms with E-state index in [0.29, 0.717) is 0 Å². The average molecular weight is 740 g/mol. The van der Waals surface area contributed by atoms with Crippen LogP contribution in [-0.4, -0.2) is 53.1 Å². The lowest BCUT2D eigenvalue weighted by molar-refractivity contribution is -0.228. The first-order valence-electron chi connectivity index (χ1n) is 9.97. The molecule has 0 amide bonds. The second-order valence-electron chi connectivity index (χ2n) is 7.08. The highest BCUT2D eigenvalue weighted by atomic mass is 32.3. The molecule has 0 aliphatic carbocycles. The minimum atomic E-state index is -6.85. The maximum atomic E-state index is 12.1. The molecule has 0 saturated carbocycles. The van der Waals surface area contributed by atoms with E-state index in [4.69, 9.17) is 0 Å². The highest BCUT2D eigenvalue weighted by molar-refractivity contribution is 8.00. The minimum Gasteiger partial charge on any atom is -0.194 e. The standard InChI is InChI=1S/2C8H5F6N.C2F6O5S2/c2*9-7(10,11)15(8(12,13)14)6-4-2-1-3-5-6;3-1(4,5)14(9,10)13-15(11,12)2(6,7)8/h2*1-5H;. The number of hydrogen-bond acceptors (Lipinski definition) is 7. The third kappa shape index (κ3) is 12.9. The normalized spacial score (nSPS) is 13.6. The summed E-state index contributed by atoms with van der Waals surface area (Å²) < 4.78 is 255. The number of rotatable bonds is 4. The van der Waals surface area contributed by atoms with E-state index >= 15 is 0 Å². The van der Waals surface area contributed by atoms with Gasteiger partial charge in [-0.2, -0.15) is 53.0 Å². The lowest BCUT2D eigenvalue weighted by atomic mass is 10.3. The number of nitrogens with zero attached hydrogens (tertiary/aromatic N) is 2. The lowest BCUT2D eigenvalue weighted by Crippen LogP contribution is -2.48. The van der Waals surface area contributed by atoms with Crippen molar-refractivity contribution in [1.82, 2.24) is 0 Å². The first kappa shape index (κ1) is 41.6. The molecule has 0 fully saturated rings. The zero-order valence-corrected chi connectivity index (χ0v) is 22.0. The van der Waals surface area contributed by atoms with Gasteiger partial charge in [-0.15, -0.1) is 56.3 Å². The van der Waals surface area contributed by atoms with Gasteiger partial charge in [-0.25, -0.2) is 0 Å². The van der Waals surface area contributed by atoms with Gasteiger partial charge in [0.2, 0.25) is 0 Å². The van der Waals surface area contributed by atoms with E-state index in [2.05, 4.69) is 0 Å². The quantitative estimate of drug-likeness (QED) is 0.180. The largest absolute Gasteiger partial charge is 0.524 e. The summed E-state index contributed by atoms with van der Waals surface area (Å²) in [6.07, 6.45) is -21.9. The molecule has 0 bridgehead atoms. The van der Waals surface area contributed by atoms with E-state index in [1.54, 1.807) is 0 Å². The summed E-state index contributed by atoms with van der Waals surface area (Å²) >= 11 is 0. The molecule has 45 heavy (non-hydrogen) atoms. The number of alkyl halides is 18. The maximum Gasteiger partial charge on any atom is 0.524 e. The van der Waals surface area contributed by atoms with Crippen LogP contribution < -0.4 is 9.80 Å². The Labute approximate surface area is 238 Å². The fourth-order valence-electron chi connectivity index (χ4n) is 2.22. The highest BCUT2D eigenvalue weighted by Gasteiger charge is 2.58. The van der Waals surface area contributed by atoms with Crippen LogP contribution in [0.1, 0.15) is 0 Å². The van der Waals surface area contributed by atoms with Crippen LogP contribution in [0.15, 0.2) is 60.7 Å². The first-order valence-corrected chi connectivity index (χ1v) is 12.8. The predicted octanol–water partition coefficient (Wildman–Crippen LogP) is 7.77. The van der Waals surface area contributed by atoms with Crippen molar-refractivity contribution in [2.24, 2.45) is 0 Å². The van der Waals surface area contributed by atoms with Gasteiger partial charge in [0, 0.05) is 0 Å². The number of benzene rings is 2. The van der Waals surface area contributed by atoms with E-state index in [9.17, 15) is 95.9 Å². The van der Waals surface area contributed by atoms with E-state index < -0.39 is 77.6 Å². The number of para-hydroxylation sites is 2. The van der Waals surface area contributed by atoms with Crippen LogP contribution in [0, 0.1) is 0 Å². The average Bonchev–Trinajstić information content (AvgIpc) is 2.75. The molecule has 0 unspecified atom stereocenters. The van der Waals surface area contributed by atoms with Crippen LogP contribution >= 0.6 is 0 Å². The molecule has 2 aromatic carbocycles. The molecular weight excluding hydrogens is 730 g/mol. The molecule has 2 aromatic rings. The van der Waals surface area contributed by atoms with Crippen LogP contribution in [0.5, 0.6) is 0 Å². The lowest BCUT2D eigenvalue weighted by Gasteiger charge is -2.28. The molecule has 7 nitrogen and oxygen atoms in total. The smallest absolute Gasteiger partial charge is 0.194 e. The van der Waals surface area contributed by atoms with Gasteiger partial charge < -0.3 is 0 Å². The molecule has 0 atom stereocenters. The molecule has 27 heteroatoms. The van der Waals surface area contributed by atoms with Crippen LogP contribution in [-0.2, 0) is 23.9 Å². The maximum absolute atomic E-state index is 12.1. The number of hydrogen-bond donors (Lipinski definition) is 0. The van der Waals surface area contributed by atoms with E-state index in [-0.39, 0.29) is 0 Å². The van der Waals surface area contributed by atoms with Gasteiger partial charge in [-0.3, -0.25) is 0 Å². The Balaban J connectivity index is 0.000000645. The van der Waals surface area contributed by atoms with Crippen molar-refractivity contribution in [1.29, 1.82) is 0 Å². The summed E-state index contributed by atoms with van der Waals surface area (Å²) in [5.74, 6) is 0. The van der Waals surface area contributed by atoms with E-state index in [1.807, 2.05) is 3.63 Å². The van der Waals surface area contributed by atoms with Crippen LogP contribution in [0.25, 0.3) is 0 Å². The van der Waals surface area contributed by atoms with Crippen molar-refractivity contribution in [3.63, 3.8) is 0 Å². The van der Waals surface area contributed by atoms with Gasteiger partial charge in [0.25, 0.3) is 0 Å². The van der Waals surface area contributed by atoms with Crippen molar-refractivity contribution >= 4 is 31.6 Å². The predicted molar refractivity (Wildman–Crippen MR) is 113 cm³/mol. The number of halogens is 18. The number of anilines is 2. The molecule has 260 valence electrons. The third-order valence-electron chi connectivity index (χ3n) is 3.79. The molecule has 0 aromatic heterocycles. The van der Waals surface area contributed by atoms with Crippen molar-refractivity contribution < 1.29 is 99.5 Å². The van der Waals surface area contributed by atoms with Gasteiger partial charge in [-0.05, 0) is 24.3 Å². The molecule has 2 rings (SSSR count). The van der Waals surface area contributed by atoms with Crippen LogP contribution in [0.2, 0.25) is 0 Å². The molecular formula is C18H10F18N2O5S2. The Bertz CT molecular complexity index is 1280. The van der Waals surface area contributed by atoms with E-state index in [1.165, 1.54) is 12.1 Å². The SMILES string of the molecule is FC(F)(F)N(c1ccccc1)C(F)(F)F.FC(F)(F)N(c1ccccc1)C(F)(F)F.O=S(=O)(OS(=O)(=O)C(F)(F)F)C(F)(F)F. The zero-order valence-electron chi connectivity index (χ0n) is 20.3. The van der Waals surface area contributed by atoms with Crippen molar-refractivity contribution in [2.75, 3.05) is 9.80 Å². The van der Waals surface area contributed by atoms with Gasteiger partial charge in [0.15, 0.2) is 0 Å². The summed E-state index contributed by atoms with van der Waals surface area (Å²) in [6.45, 7) is 0. The van der Waals surface area contributed by atoms with Crippen molar-refractivity contribution in [3.8, 4) is 0 Å². The van der Waals surface area contributed by atoms with Crippen molar-refractivity contribution in [2.45, 2.75) is 36.2 Å². The summed E-state index contributed by atoms with van der Waals surface area (Å²) in [5.41, 5.74) is -14.4. The fraction of sp³-hybridized carbons (Fsp3) is 0.333. The summed E-state index contributed by atoms with van der Waals surface area (Å²) in [7, 11) is -13.7. The van der Waals surface area contributed by atoms with Gasteiger partial charge in [0.1, 0.15) is 0 Å². The second kappa shape index (κ2) is 14.0. The van der Waals surface area contributed by atoms with Gasteiger partial charge in [-0.1, -0.05) is 36.4 Å². The Morgan fingerprint density at radius 2 is 0.600 bits per heavy atom. The molecule has 0 aliphatic rings. The van der Waals surface area contributed by atoms with Crippen LogP contribution in [0.4, 0.5) is 90.4 Å². The van der Waals surface area contributed by atoms with Gasteiger partial charge >= 0.3 is 56.5 Å². The second-order valence-corrected chi connectivity index (χ2v) is 10.4. The van der Waals surface area contributed by atoms with Gasteiger partial charge in [0.05, 0.1) is 11.4 Å². The molecule has 0 radical (unpaired) electrons. The topological polar surface area (TPSA) is 84.0 Å². The first-order chi connectivity index (χ1) is 19.7. The molecule has 0 spiro atoms. The minimum absolute atomic E-state index is 0.737. The third-order valence-corrected chi connectivity index (χ3v) is 6.36.